The Morgan fingerprint density at radius 3 is 2.15 bits per heavy atom. The molecule has 0 amide bonds. The van der Waals surface area contributed by atoms with E-state index in [-0.39, 0.29) is 11.5 Å². The van der Waals surface area contributed by atoms with Crippen LogP contribution in [0.5, 0.6) is 0 Å². The number of halogens is 1. The quantitative estimate of drug-likeness (QED) is 0.857. The van der Waals surface area contributed by atoms with Crippen LogP contribution < -0.4 is 5.73 Å². The summed E-state index contributed by atoms with van der Waals surface area (Å²) >= 11 is 6.37. The molecule has 1 aliphatic rings. The van der Waals surface area contributed by atoms with Gasteiger partial charge in [-0.1, -0.05) is 73.0 Å². The molecule has 104 valence electrons. The lowest BCUT2D eigenvalue weighted by molar-refractivity contribution is 0.356. The highest BCUT2D eigenvalue weighted by molar-refractivity contribution is 6.31. The van der Waals surface area contributed by atoms with E-state index >= 15 is 0 Å². The molecular weight excluding hydrogens is 266 g/mol. The molecule has 2 aromatic rings. The molecular formula is C18H20ClN. The van der Waals surface area contributed by atoms with Crippen LogP contribution in [0.1, 0.15) is 42.9 Å². The number of rotatable bonds is 3. The maximum Gasteiger partial charge on any atom is 0.0454 e. The lowest BCUT2D eigenvalue weighted by atomic mass is 9.71. The van der Waals surface area contributed by atoms with E-state index in [0.29, 0.717) is 0 Å². The highest BCUT2D eigenvalue weighted by Gasteiger charge is 2.42. The number of nitrogens with two attached hydrogens (primary N) is 1. The first-order chi connectivity index (χ1) is 9.74. The SMILES string of the molecule is NC(c1ccccc1Cl)C1(c2ccccc2)CCCC1. The van der Waals surface area contributed by atoms with Crippen molar-refractivity contribution in [2.24, 2.45) is 5.73 Å². The first-order valence-corrected chi connectivity index (χ1v) is 7.67. The van der Waals surface area contributed by atoms with E-state index in [0.717, 1.165) is 23.4 Å². The maximum atomic E-state index is 6.68. The first kappa shape index (κ1) is 13.7. The van der Waals surface area contributed by atoms with Crippen molar-refractivity contribution < 1.29 is 0 Å². The highest BCUT2D eigenvalue weighted by atomic mass is 35.5. The van der Waals surface area contributed by atoms with Gasteiger partial charge in [-0.15, -0.1) is 0 Å². The van der Waals surface area contributed by atoms with Gasteiger partial charge in [0.05, 0.1) is 0 Å². The molecule has 2 aromatic carbocycles. The summed E-state index contributed by atoms with van der Waals surface area (Å²) in [4.78, 5) is 0. The van der Waals surface area contributed by atoms with E-state index < -0.39 is 0 Å². The topological polar surface area (TPSA) is 26.0 Å². The third-order valence-electron chi connectivity index (χ3n) is 4.68. The van der Waals surface area contributed by atoms with Crippen LogP contribution in [0.25, 0.3) is 0 Å². The standard InChI is InChI=1S/C18H20ClN/c19-16-11-5-4-10-15(16)17(20)18(12-6-7-13-18)14-8-2-1-3-9-14/h1-5,8-11,17H,6-7,12-13,20H2. The van der Waals surface area contributed by atoms with Gasteiger partial charge in [0.15, 0.2) is 0 Å². The minimum absolute atomic E-state index is 0.0340. The second-order valence-corrected chi connectivity index (χ2v) is 6.14. The molecule has 0 radical (unpaired) electrons. The summed E-state index contributed by atoms with van der Waals surface area (Å²) in [7, 11) is 0. The molecule has 2 N–H and O–H groups in total. The monoisotopic (exact) mass is 285 g/mol. The van der Waals surface area contributed by atoms with Crippen molar-refractivity contribution in [1.82, 2.24) is 0 Å². The van der Waals surface area contributed by atoms with E-state index in [1.807, 2.05) is 18.2 Å². The van der Waals surface area contributed by atoms with Crippen molar-refractivity contribution in [3.8, 4) is 0 Å². The molecule has 0 saturated heterocycles. The second-order valence-electron chi connectivity index (χ2n) is 5.73. The summed E-state index contributed by atoms with van der Waals surface area (Å²) in [6, 6.07) is 18.6. The molecule has 0 bridgehead atoms. The Morgan fingerprint density at radius 1 is 0.900 bits per heavy atom. The minimum Gasteiger partial charge on any atom is -0.323 e. The summed E-state index contributed by atoms with van der Waals surface area (Å²) in [5.41, 5.74) is 9.14. The summed E-state index contributed by atoms with van der Waals surface area (Å²) < 4.78 is 0. The Bertz CT molecular complexity index is 573. The fraction of sp³-hybridized carbons (Fsp3) is 0.333. The zero-order valence-electron chi connectivity index (χ0n) is 11.6. The molecule has 1 atom stereocenters. The zero-order valence-corrected chi connectivity index (χ0v) is 12.3. The number of hydrogen-bond acceptors (Lipinski definition) is 1. The third kappa shape index (κ3) is 2.25. The van der Waals surface area contributed by atoms with E-state index in [4.69, 9.17) is 17.3 Å². The van der Waals surface area contributed by atoms with Gasteiger partial charge in [-0.25, -0.2) is 0 Å². The maximum absolute atomic E-state index is 6.68. The van der Waals surface area contributed by atoms with Crippen molar-refractivity contribution >= 4 is 11.6 Å². The minimum atomic E-state index is -0.0406. The molecule has 0 spiro atoms. The molecule has 3 rings (SSSR count). The van der Waals surface area contributed by atoms with Crippen molar-refractivity contribution in [2.45, 2.75) is 37.1 Å². The van der Waals surface area contributed by atoms with Crippen molar-refractivity contribution in [3.63, 3.8) is 0 Å². The Kier molecular flexibility index (Phi) is 3.82. The normalized spacial score (nSPS) is 18.9. The van der Waals surface area contributed by atoms with Crippen LogP contribution in [-0.2, 0) is 5.41 Å². The fourth-order valence-corrected chi connectivity index (χ4v) is 3.83. The van der Waals surface area contributed by atoms with Crippen LogP contribution >= 0.6 is 11.6 Å². The highest BCUT2D eigenvalue weighted by Crippen LogP contribution is 2.49. The predicted octanol–water partition coefficient (Wildman–Crippen LogP) is 4.85. The van der Waals surface area contributed by atoms with Crippen LogP contribution in [-0.4, -0.2) is 0 Å². The van der Waals surface area contributed by atoms with Crippen molar-refractivity contribution in [2.75, 3.05) is 0 Å². The molecule has 1 fully saturated rings. The van der Waals surface area contributed by atoms with Crippen molar-refractivity contribution in [3.05, 3.63) is 70.7 Å². The molecule has 1 unspecified atom stereocenters. The fourth-order valence-electron chi connectivity index (χ4n) is 3.58. The average Bonchev–Trinajstić information content (AvgIpc) is 2.99. The number of benzene rings is 2. The van der Waals surface area contributed by atoms with Gasteiger partial charge in [-0.3, -0.25) is 0 Å². The van der Waals surface area contributed by atoms with Crippen molar-refractivity contribution in [1.29, 1.82) is 0 Å². The summed E-state index contributed by atoms with van der Waals surface area (Å²) in [5.74, 6) is 0. The molecule has 1 aliphatic carbocycles. The smallest absolute Gasteiger partial charge is 0.0454 e. The summed E-state index contributed by atoms with van der Waals surface area (Å²) in [6.07, 6.45) is 4.77. The van der Waals surface area contributed by atoms with Gasteiger partial charge in [-0.05, 0) is 30.0 Å². The largest absolute Gasteiger partial charge is 0.323 e. The Balaban J connectivity index is 2.06. The van der Waals surface area contributed by atoms with Gasteiger partial charge >= 0.3 is 0 Å². The van der Waals surface area contributed by atoms with Gasteiger partial charge in [0.2, 0.25) is 0 Å². The molecule has 1 saturated carbocycles. The average molecular weight is 286 g/mol. The summed E-state index contributed by atoms with van der Waals surface area (Å²) in [6.45, 7) is 0. The lowest BCUT2D eigenvalue weighted by Gasteiger charge is -2.36. The molecule has 0 aliphatic heterocycles. The first-order valence-electron chi connectivity index (χ1n) is 7.29. The van der Waals surface area contributed by atoms with Crippen LogP contribution in [0.4, 0.5) is 0 Å². The van der Waals surface area contributed by atoms with Gasteiger partial charge in [0.1, 0.15) is 0 Å². The molecule has 2 heteroatoms. The molecule has 0 heterocycles. The van der Waals surface area contributed by atoms with E-state index in [2.05, 4.69) is 36.4 Å². The van der Waals surface area contributed by atoms with Gasteiger partial charge in [0.25, 0.3) is 0 Å². The molecule has 20 heavy (non-hydrogen) atoms. The van der Waals surface area contributed by atoms with Crippen LogP contribution in [0.2, 0.25) is 5.02 Å². The van der Waals surface area contributed by atoms with Gasteiger partial charge in [-0.2, -0.15) is 0 Å². The second kappa shape index (κ2) is 5.59. The number of hydrogen-bond donors (Lipinski definition) is 1. The van der Waals surface area contributed by atoms with Crippen LogP contribution in [0, 0.1) is 0 Å². The zero-order chi connectivity index (χ0) is 14.0. The van der Waals surface area contributed by atoms with Gasteiger partial charge in [0, 0.05) is 16.5 Å². The Morgan fingerprint density at radius 2 is 1.50 bits per heavy atom. The van der Waals surface area contributed by atoms with Crippen LogP contribution in [0.15, 0.2) is 54.6 Å². The Hall–Kier alpha value is -1.31. The van der Waals surface area contributed by atoms with E-state index in [9.17, 15) is 0 Å². The van der Waals surface area contributed by atoms with Gasteiger partial charge < -0.3 is 5.73 Å². The molecule has 1 nitrogen and oxygen atoms in total. The third-order valence-corrected chi connectivity index (χ3v) is 5.02. The molecule has 0 aromatic heterocycles. The van der Waals surface area contributed by atoms with Crippen LogP contribution in [0.3, 0.4) is 0 Å². The summed E-state index contributed by atoms with van der Waals surface area (Å²) in [5, 5.41) is 0.780. The lowest BCUT2D eigenvalue weighted by Crippen LogP contribution is -2.36. The Labute approximate surface area is 125 Å². The predicted molar refractivity (Wildman–Crippen MR) is 85.0 cm³/mol. The van der Waals surface area contributed by atoms with E-state index in [1.165, 1.54) is 18.4 Å². The van der Waals surface area contributed by atoms with E-state index in [1.54, 1.807) is 0 Å².